The predicted molar refractivity (Wildman–Crippen MR) is 136 cm³/mol. The Balaban J connectivity index is 1.32. The second-order valence-electron chi connectivity index (χ2n) is 9.08. The minimum atomic E-state index is -0.945. The summed E-state index contributed by atoms with van der Waals surface area (Å²) in [6.45, 7) is 1.51. The first-order valence-electron chi connectivity index (χ1n) is 11.8. The van der Waals surface area contributed by atoms with Gasteiger partial charge in [0.1, 0.15) is 5.82 Å². The summed E-state index contributed by atoms with van der Waals surface area (Å²) in [4.78, 5) is 47.9. The maximum Gasteiger partial charge on any atom is 0.258 e. The molecule has 180 valence electrons. The molecule has 0 radical (unpaired) electrons. The van der Waals surface area contributed by atoms with Gasteiger partial charge in [-0.3, -0.25) is 19.4 Å². The van der Waals surface area contributed by atoms with Gasteiger partial charge in [0.2, 0.25) is 17.8 Å². The van der Waals surface area contributed by atoms with Gasteiger partial charge in [0.05, 0.1) is 11.5 Å². The quantitative estimate of drug-likeness (QED) is 0.501. The first kappa shape index (κ1) is 23.1. The second-order valence-corrected chi connectivity index (χ2v) is 9.51. The number of nitrogens with one attached hydrogen (secondary N) is 3. The van der Waals surface area contributed by atoms with Crippen molar-refractivity contribution in [2.75, 3.05) is 28.6 Å². The van der Waals surface area contributed by atoms with Gasteiger partial charge in [-0.15, -0.1) is 0 Å². The first-order valence-corrected chi connectivity index (χ1v) is 12.1. The highest BCUT2D eigenvalue weighted by Gasteiger charge is 2.35. The van der Waals surface area contributed by atoms with Gasteiger partial charge in [0.15, 0.2) is 0 Å². The van der Waals surface area contributed by atoms with Crippen LogP contribution in [0.25, 0.3) is 0 Å². The zero-order valence-electron chi connectivity index (χ0n) is 19.1. The molecule has 3 aromatic rings. The summed E-state index contributed by atoms with van der Waals surface area (Å²) in [6, 6.07) is 17.1. The molecule has 2 aliphatic heterocycles. The lowest BCUT2D eigenvalue weighted by atomic mass is 9.90. The second kappa shape index (κ2) is 9.92. The van der Waals surface area contributed by atoms with Gasteiger partial charge in [-0.05, 0) is 48.9 Å². The van der Waals surface area contributed by atoms with E-state index < -0.39 is 17.4 Å². The monoisotopic (exact) mass is 491 g/mol. The van der Waals surface area contributed by atoms with Crippen LogP contribution < -0.4 is 21.1 Å². The molecule has 35 heavy (non-hydrogen) atoms. The molecule has 9 heteroatoms. The number of benzene rings is 2. The minimum Gasteiger partial charge on any atom is -0.342 e. The van der Waals surface area contributed by atoms with Gasteiger partial charge in [0, 0.05) is 30.2 Å². The van der Waals surface area contributed by atoms with Crippen LogP contribution in [0.2, 0.25) is 5.02 Å². The van der Waals surface area contributed by atoms with Crippen molar-refractivity contribution in [2.24, 2.45) is 5.92 Å². The van der Waals surface area contributed by atoms with Crippen molar-refractivity contribution in [3.63, 3.8) is 0 Å². The van der Waals surface area contributed by atoms with Crippen LogP contribution in [0.3, 0.4) is 0 Å². The zero-order valence-corrected chi connectivity index (χ0v) is 19.8. The fourth-order valence-electron chi connectivity index (χ4n) is 4.83. The van der Waals surface area contributed by atoms with Gasteiger partial charge in [0.25, 0.3) is 5.56 Å². The molecule has 3 N–H and O–H groups in total. The summed E-state index contributed by atoms with van der Waals surface area (Å²) in [5, 5.41) is 5.90. The van der Waals surface area contributed by atoms with Crippen molar-refractivity contribution in [3.05, 3.63) is 81.1 Å². The lowest BCUT2D eigenvalue weighted by molar-refractivity contribution is -0.123. The van der Waals surface area contributed by atoms with Gasteiger partial charge >= 0.3 is 0 Å². The average molecular weight is 492 g/mol. The van der Waals surface area contributed by atoms with Crippen LogP contribution in [0.4, 0.5) is 17.5 Å². The number of halogens is 1. The van der Waals surface area contributed by atoms with E-state index in [1.54, 1.807) is 24.3 Å². The van der Waals surface area contributed by atoms with E-state index in [-0.39, 0.29) is 23.7 Å². The highest BCUT2D eigenvalue weighted by Crippen LogP contribution is 2.31. The fraction of sp³-hybridized carbons (Fsp3) is 0.308. The van der Waals surface area contributed by atoms with Crippen molar-refractivity contribution in [1.29, 1.82) is 0 Å². The molecule has 2 aliphatic rings. The molecule has 0 saturated carbocycles. The molecule has 1 saturated heterocycles. The number of aromatic amines is 1. The van der Waals surface area contributed by atoms with Crippen molar-refractivity contribution >= 4 is 40.9 Å². The summed E-state index contributed by atoms with van der Waals surface area (Å²) in [6.07, 6.45) is 2.86. The molecule has 0 bridgehead atoms. The Bertz CT molecular complexity index is 1300. The zero-order chi connectivity index (χ0) is 24.4. The summed E-state index contributed by atoms with van der Waals surface area (Å²) in [5.74, 6) is -0.614. The molecule has 2 amide bonds. The van der Waals surface area contributed by atoms with Crippen LogP contribution in [0.1, 0.15) is 36.3 Å². The number of nitrogens with zero attached hydrogens (tertiary/aromatic N) is 2. The lowest BCUT2D eigenvalue weighted by Gasteiger charge is -2.33. The van der Waals surface area contributed by atoms with E-state index in [0.717, 1.165) is 32.4 Å². The molecule has 0 aliphatic carbocycles. The van der Waals surface area contributed by atoms with Crippen molar-refractivity contribution in [2.45, 2.75) is 31.6 Å². The third-order valence-corrected chi connectivity index (χ3v) is 6.86. The summed E-state index contributed by atoms with van der Waals surface area (Å²) < 4.78 is 0. The highest BCUT2D eigenvalue weighted by molar-refractivity contribution is 6.30. The van der Waals surface area contributed by atoms with Crippen LogP contribution in [0.15, 0.2) is 59.4 Å². The Morgan fingerprint density at radius 3 is 2.60 bits per heavy atom. The number of aromatic nitrogens is 2. The molecule has 5 rings (SSSR count). The maximum absolute atomic E-state index is 13.1. The van der Waals surface area contributed by atoms with Gasteiger partial charge in [-0.1, -0.05) is 48.0 Å². The molecule has 1 atom stereocenters. The molecular weight excluding hydrogens is 466 g/mol. The van der Waals surface area contributed by atoms with Gasteiger partial charge < -0.3 is 15.5 Å². The first-order chi connectivity index (χ1) is 17.0. The van der Waals surface area contributed by atoms with Crippen molar-refractivity contribution < 1.29 is 9.59 Å². The molecule has 1 fully saturated rings. The molecule has 0 unspecified atom stereocenters. The smallest absolute Gasteiger partial charge is 0.258 e. The Morgan fingerprint density at radius 1 is 1.09 bits per heavy atom. The topological polar surface area (TPSA) is 107 Å². The van der Waals surface area contributed by atoms with E-state index in [0.29, 0.717) is 22.6 Å². The van der Waals surface area contributed by atoms with E-state index >= 15 is 0 Å². The third-order valence-electron chi connectivity index (χ3n) is 6.63. The number of hydrogen-bond donors (Lipinski definition) is 3. The maximum atomic E-state index is 13.1. The number of fused-ring (bicyclic) bond motifs is 1. The molecule has 2 aromatic carbocycles. The van der Waals surface area contributed by atoms with Crippen LogP contribution >= 0.6 is 11.6 Å². The average Bonchev–Trinajstić information content (AvgIpc) is 2.84. The molecule has 0 spiro atoms. The number of hydrogen-bond acceptors (Lipinski definition) is 5. The van der Waals surface area contributed by atoms with Crippen molar-refractivity contribution in [1.82, 2.24) is 9.97 Å². The predicted octanol–water partition coefficient (Wildman–Crippen LogP) is 3.95. The van der Waals surface area contributed by atoms with E-state index in [9.17, 15) is 14.4 Å². The molecule has 8 nitrogen and oxygen atoms in total. The Labute approximate surface area is 207 Å². The van der Waals surface area contributed by atoms with E-state index in [1.807, 2.05) is 11.0 Å². The number of carbonyl (C=O) groups is 2. The van der Waals surface area contributed by atoms with Crippen LogP contribution in [-0.2, 0) is 16.0 Å². The number of amides is 2. The van der Waals surface area contributed by atoms with Crippen LogP contribution in [0, 0.1) is 5.92 Å². The number of anilines is 3. The minimum absolute atomic E-state index is 0.131. The highest BCUT2D eigenvalue weighted by atomic mass is 35.5. The molecule has 3 heterocycles. The Morgan fingerprint density at radius 2 is 1.86 bits per heavy atom. The normalized spacial score (nSPS) is 18.0. The molecular formula is C26H26ClN5O3. The number of piperidine rings is 1. The summed E-state index contributed by atoms with van der Waals surface area (Å²) in [5.41, 5.74) is 1.58. The standard InChI is InChI=1S/C26H26ClN5O3/c27-18-7-4-8-19(14-18)28-24(34)20-15-21(33)29-23-22(20)25(35)31-26(30-23)32-11-9-17(10-12-32)13-16-5-2-1-3-6-16/h1-8,14,17,20H,9-13,15H2,(H,28,34)(H2,29,30,31,33,35)/t20-/m0/s1. The van der Waals surface area contributed by atoms with E-state index in [2.05, 4.69) is 44.9 Å². The van der Waals surface area contributed by atoms with Gasteiger partial charge in [-0.25, -0.2) is 0 Å². The SMILES string of the molecule is O=C1C[C@H](C(=O)Nc2cccc(Cl)c2)c2c(nc(N3CCC(Cc4ccccc4)CC3)[nH]c2=O)N1. The number of carbonyl (C=O) groups excluding carboxylic acids is 2. The molecule has 1 aromatic heterocycles. The fourth-order valence-corrected chi connectivity index (χ4v) is 5.02. The van der Waals surface area contributed by atoms with Crippen molar-refractivity contribution in [3.8, 4) is 0 Å². The van der Waals surface area contributed by atoms with E-state index in [4.69, 9.17) is 11.6 Å². The summed E-state index contributed by atoms with van der Waals surface area (Å²) in [7, 11) is 0. The van der Waals surface area contributed by atoms with E-state index in [1.165, 1.54) is 5.56 Å². The van der Waals surface area contributed by atoms with Crippen LogP contribution in [0.5, 0.6) is 0 Å². The largest absolute Gasteiger partial charge is 0.342 e. The van der Waals surface area contributed by atoms with Crippen LogP contribution in [-0.4, -0.2) is 34.9 Å². The summed E-state index contributed by atoms with van der Waals surface area (Å²) >= 11 is 6.00. The number of H-pyrrole nitrogens is 1. The number of rotatable bonds is 5. The third kappa shape index (κ3) is 5.22. The van der Waals surface area contributed by atoms with Gasteiger partial charge in [-0.2, -0.15) is 4.98 Å². The Kier molecular flexibility index (Phi) is 6.55. The lowest BCUT2D eigenvalue weighted by Crippen LogP contribution is -2.40. The Hall–Kier alpha value is -3.65.